The van der Waals surface area contributed by atoms with E-state index in [9.17, 15) is 9.59 Å². The van der Waals surface area contributed by atoms with Crippen LogP contribution in [0.2, 0.25) is 0 Å². The molecule has 0 unspecified atom stereocenters. The van der Waals surface area contributed by atoms with Crippen LogP contribution in [0.5, 0.6) is 5.75 Å². The molecule has 0 saturated heterocycles. The summed E-state index contributed by atoms with van der Waals surface area (Å²) in [5, 5.41) is 7.34. The Balaban J connectivity index is 1.55. The molecule has 0 spiro atoms. The number of nitrogens with zero attached hydrogens (tertiary/aromatic N) is 3. The fourth-order valence-electron chi connectivity index (χ4n) is 3.71. The van der Waals surface area contributed by atoms with Crippen molar-refractivity contribution in [1.29, 1.82) is 0 Å². The van der Waals surface area contributed by atoms with Gasteiger partial charge in [-0.15, -0.1) is 0 Å². The number of hydrogen-bond donors (Lipinski definition) is 1. The van der Waals surface area contributed by atoms with Crippen molar-refractivity contribution in [3.63, 3.8) is 0 Å². The molecule has 1 aromatic heterocycles. The molecule has 1 fully saturated rings. The maximum Gasteiger partial charge on any atom is 0.264 e. The Morgan fingerprint density at radius 1 is 1.31 bits per heavy atom. The quantitative estimate of drug-likeness (QED) is 0.919. The summed E-state index contributed by atoms with van der Waals surface area (Å²) in [6.45, 7) is 1.97. The van der Waals surface area contributed by atoms with Gasteiger partial charge in [0, 0.05) is 18.4 Å². The Hall–Kier alpha value is -2.83. The number of fused-ring (bicyclic) bond motifs is 1. The molecule has 2 aromatic rings. The molecule has 1 aliphatic carbocycles. The third-order valence-electron chi connectivity index (χ3n) is 5.26. The van der Waals surface area contributed by atoms with Gasteiger partial charge in [0.1, 0.15) is 5.75 Å². The second-order valence-electron chi connectivity index (χ2n) is 6.90. The normalized spacial score (nSPS) is 17.2. The van der Waals surface area contributed by atoms with Gasteiger partial charge in [-0.25, -0.2) is 0 Å². The van der Waals surface area contributed by atoms with E-state index in [-0.39, 0.29) is 18.4 Å². The molecule has 2 heterocycles. The predicted octanol–water partition coefficient (Wildman–Crippen LogP) is 2.91. The standard InChI is InChI=1S/C19H22N4O3/c1-12-15(10-20-23(12)14-5-3-4-6-14)19(25)21-13-7-8-17-16(9-13)22(2)18(24)11-26-17/h7-10,14H,3-6,11H2,1-2H3,(H,21,25). The van der Waals surface area contributed by atoms with Crippen molar-refractivity contribution in [1.82, 2.24) is 9.78 Å². The lowest BCUT2D eigenvalue weighted by Crippen LogP contribution is -2.35. The molecule has 1 saturated carbocycles. The van der Waals surface area contributed by atoms with E-state index in [2.05, 4.69) is 10.4 Å². The molecular weight excluding hydrogens is 332 g/mol. The smallest absolute Gasteiger partial charge is 0.264 e. The molecule has 1 aromatic carbocycles. The molecule has 2 amide bonds. The van der Waals surface area contributed by atoms with Crippen LogP contribution in [0, 0.1) is 6.92 Å². The summed E-state index contributed by atoms with van der Waals surface area (Å²) in [7, 11) is 1.70. The van der Waals surface area contributed by atoms with Crippen LogP contribution in [0.4, 0.5) is 11.4 Å². The topological polar surface area (TPSA) is 76.5 Å². The third kappa shape index (κ3) is 2.83. The summed E-state index contributed by atoms with van der Waals surface area (Å²) in [4.78, 5) is 26.0. The Labute approximate surface area is 151 Å². The summed E-state index contributed by atoms with van der Waals surface area (Å²) in [6, 6.07) is 5.69. The highest BCUT2D eigenvalue weighted by Crippen LogP contribution is 2.34. The van der Waals surface area contributed by atoms with Crippen LogP contribution in [0.25, 0.3) is 0 Å². The Morgan fingerprint density at radius 3 is 2.85 bits per heavy atom. The number of hydrogen-bond acceptors (Lipinski definition) is 4. The fraction of sp³-hybridized carbons (Fsp3) is 0.421. The molecular formula is C19H22N4O3. The molecule has 4 rings (SSSR count). The van der Waals surface area contributed by atoms with Crippen molar-refractivity contribution < 1.29 is 14.3 Å². The number of anilines is 2. The van der Waals surface area contributed by atoms with Crippen LogP contribution in [-0.2, 0) is 4.79 Å². The van der Waals surface area contributed by atoms with Gasteiger partial charge in [-0.1, -0.05) is 12.8 Å². The molecule has 7 heteroatoms. The first-order chi connectivity index (χ1) is 12.5. The van der Waals surface area contributed by atoms with Gasteiger partial charge < -0.3 is 15.0 Å². The first kappa shape index (κ1) is 16.6. The van der Waals surface area contributed by atoms with Crippen molar-refractivity contribution >= 4 is 23.2 Å². The number of carbonyl (C=O) groups is 2. The van der Waals surface area contributed by atoms with Crippen LogP contribution in [0.3, 0.4) is 0 Å². The minimum Gasteiger partial charge on any atom is -0.482 e. The molecule has 1 N–H and O–H groups in total. The summed E-state index contributed by atoms with van der Waals surface area (Å²) in [5.41, 5.74) is 2.74. The first-order valence-electron chi connectivity index (χ1n) is 8.93. The first-order valence-corrected chi connectivity index (χ1v) is 8.93. The van der Waals surface area contributed by atoms with E-state index in [0.717, 1.165) is 18.5 Å². The Kier molecular flexibility index (Phi) is 4.14. The number of ether oxygens (including phenoxy) is 1. The van der Waals surface area contributed by atoms with Crippen LogP contribution >= 0.6 is 0 Å². The van der Waals surface area contributed by atoms with Gasteiger partial charge in [0.2, 0.25) is 0 Å². The Bertz CT molecular complexity index is 868. The van der Waals surface area contributed by atoms with E-state index in [0.29, 0.717) is 28.7 Å². The largest absolute Gasteiger partial charge is 0.482 e. The highest BCUT2D eigenvalue weighted by atomic mass is 16.5. The second-order valence-corrected chi connectivity index (χ2v) is 6.90. The van der Waals surface area contributed by atoms with Gasteiger partial charge >= 0.3 is 0 Å². The molecule has 7 nitrogen and oxygen atoms in total. The van der Waals surface area contributed by atoms with Crippen molar-refractivity contribution in [3.05, 3.63) is 35.7 Å². The molecule has 2 aliphatic rings. The SMILES string of the molecule is Cc1c(C(=O)Nc2ccc3c(c2)N(C)C(=O)CO3)cnn1C1CCCC1. The second kappa shape index (κ2) is 6.48. The van der Waals surface area contributed by atoms with E-state index in [1.54, 1.807) is 31.4 Å². The van der Waals surface area contributed by atoms with Gasteiger partial charge in [0.15, 0.2) is 6.61 Å². The molecule has 26 heavy (non-hydrogen) atoms. The third-order valence-corrected chi connectivity index (χ3v) is 5.26. The van der Waals surface area contributed by atoms with Gasteiger partial charge in [-0.3, -0.25) is 14.3 Å². The molecule has 136 valence electrons. The van der Waals surface area contributed by atoms with Crippen molar-refractivity contribution in [2.75, 3.05) is 23.9 Å². The Morgan fingerprint density at radius 2 is 2.08 bits per heavy atom. The number of carbonyl (C=O) groups excluding carboxylic acids is 2. The lowest BCUT2D eigenvalue weighted by atomic mass is 10.2. The molecule has 1 aliphatic heterocycles. The molecule has 0 radical (unpaired) electrons. The van der Waals surface area contributed by atoms with Gasteiger partial charge in [0.25, 0.3) is 11.8 Å². The summed E-state index contributed by atoms with van der Waals surface area (Å²) in [6.07, 6.45) is 6.31. The van der Waals surface area contributed by atoms with Crippen molar-refractivity contribution in [2.24, 2.45) is 0 Å². The lowest BCUT2D eigenvalue weighted by Gasteiger charge is -2.26. The number of nitrogens with one attached hydrogen (secondary N) is 1. The highest BCUT2D eigenvalue weighted by Gasteiger charge is 2.24. The van der Waals surface area contributed by atoms with E-state index in [1.165, 1.54) is 17.7 Å². The van der Waals surface area contributed by atoms with E-state index < -0.39 is 0 Å². The average Bonchev–Trinajstić information content (AvgIpc) is 3.28. The van der Waals surface area contributed by atoms with Crippen LogP contribution in [0.1, 0.15) is 47.8 Å². The average molecular weight is 354 g/mol. The molecule has 0 bridgehead atoms. The number of rotatable bonds is 3. The number of amides is 2. The zero-order valence-electron chi connectivity index (χ0n) is 15.0. The maximum absolute atomic E-state index is 12.7. The summed E-state index contributed by atoms with van der Waals surface area (Å²) in [5.74, 6) is 0.322. The van der Waals surface area contributed by atoms with Gasteiger partial charge in [-0.05, 0) is 38.0 Å². The van der Waals surface area contributed by atoms with Gasteiger partial charge in [-0.2, -0.15) is 5.10 Å². The zero-order chi connectivity index (χ0) is 18.3. The molecule has 0 atom stereocenters. The van der Waals surface area contributed by atoms with Gasteiger partial charge in [0.05, 0.1) is 23.5 Å². The van der Waals surface area contributed by atoms with Crippen molar-refractivity contribution in [3.8, 4) is 5.75 Å². The number of aromatic nitrogens is 2. The van der Waals surface area contributed by atoms with E-state index in [4.69, 9.17) is 4.74 Å². The minimum atomic E-state index is -0.197. The van der Waals surface area contributed by atoms with Crippen LogP contribution < -0.4 is 15.0 Å². The number of likely N-dealkylation sites (N-methyl/N-ethyl adjacent to an activating group) is 1. The van der Waals surface area contributed by atoms with Crippen LogP contribution in [-0.4, -0.2) is 35.2 Å². The fourth-order valence-corrected chi connectivity index (χ4v) is 3.71. The zero-order valence-corrected chi connectivity index (χ0v) is 15.0. The predicted molar refractivity (Wildman–Crippen MR) is 97.8 cm³/mol. The number of benzene rings is 1. The maximum atomic E-state index is 12.7. The van der Waals surface area contributed by atoms with E-state index in [1.807, 2.05) is 11.6 Å². The monoisotopic (exact) mass is 354 g/mol. The van der Waals surface area contributed by atoms with Crippen LogP contribution in [0.15, 0.2) is 24.4 Å². The van der Waals surface area contributed by atoms with Crippen molar-refractivity contribution in [2.45, 2.75) is 38.6 Å². The highest BCUT2D eigenvalue weighted by molar-refractivity contribution is 6.06. The summed E-state index contributed by atoms with van der Waals surface area (Å²) < 4.78 is 7.39. The van der Waals surface area contributed by atoms with E-state index >= 15 is 0 Å². The minimum absolute atomic E-state index is 0.0365. The lowest BCUT2D eigenvalue weighted by molar-refractivity contribution is -0.120. The summed E-state index contributed by atoms with van der Waals surface area (Å²) >= 11 is 0.